The Hall–Kier alpha value is -0.910. The van der Waals surface area contributed by atoms with E-state index in [9.17, 15) is 9.59 Å². The molecular weight excluding hydrogens is 331 g/mol. The Morgan fingerprint density at radius 2 is 2.24 bits per heavy atom. The smallest absolute Gasteiger partial charge is 0.233 e. The van der Waals surface area contributed by atoms with Crippen molar-refractivity contribution in [2.75, 3.05) is 6.54 Å². The molecule has 2 unspecified atom stereocenters. The molecule has 0 spiro atoms. The summed E-state index contributed by atoms with van der Waals surface area (Å²) in [5, 5.41) is 6.56. The summed E-state index contributed by atoms with van der Waals surface area (Å²) < 4.78 is 0. The number of hydrogen-bond donors (Lipinski definition) is 2. The molecule has 4 nitrogen and oxygen atoms in total. The Morgan fingerprint density at radius 3 is 2.90 bits per heavy atom. The molecule has 0 aliphatic carbocycles. The third-order valence-corrected chi connectivity index (χ3v) is 5.01. The van der Waals surface area contributed by atoms with Crippen molar-refractivity contribution in [1.82, 2.24) is 10.6 Å². The first-order valence-corrected chi connectivity index (χ1v) is 8.28. The Balaban J connectivity index is 1.90. The molecule has 2 atom stereocenters. The van der Waals surface area contributed by atoms with Crippen LogP contribution >= 0.6 is 35.0 Å². The summed E-state index contributed by atoms with van der Waals surface area (Å²) in [6, 6.07) is 5.17. The molecule has 1 fully saturated rings. The van der Waals surface area contributed by atoms with Crippen LogP contribution in [0.5, 0.6) is 0 Å². The van der Waals surface area contributed by atoms with Crippen LogP contribution in [0.15, 0.2) is 23.1 Å². The van der Waals surface area contributed by atoms with E-state index in [1.54, 1.807) is 18.2 Å². The molecule has 1 saturated heterocycles. The number of rotatable bonds is 4. The van der Waals surface area contributed by atoms with Gasteiger partial charge in [0.05, 0.1) is 10.3 Å². The van der Waals surface area contributed by atoms with E-state index in [4.69, 9.17) is 23.2 Å². The maximum absolute atomic E-state index is 12.2. The molecular formula is C14H16Cl2N2O2S. The lowest BCUT2D eigenvalue weighted by molar-refractivity contribution is -0.125. The van der Waals surface area contributed by atoms with Gasteiger partial charge in [-0.3, -0.25) is 9.59 Å². The van der Waals surface area contributed by atoms with Crippen molar-refractivity contribution in [3.8, 4) is 0 Å². The van der Waals surface area contributed by atoms with Gasteiger partial charge < -0.3 is 10.6 Å². The van der Waals surface area contributed by atoms with Gasteiger partial charge in [-0.25, -0.2) is 0 Å². The second-order valence-corrected chi connectivity index (χ2v) is 7.11. The van der Waals surface area contributed by atoms with Gasteiger partial charge >= 0.3 is 0 Å². The van der Waals surface area contributed by atoms with Crippen molar-refractivity contribution < 1.29 is 9.59 Å². The van der Waals surface area contributed by atoms with Crippen LogP contribution < -0.4 is 10.6 Å². The Bertz CT molecular complexity index is 544. The molecule has 2 amide bonds. The summed E-state index contributed by atoms with van der Waals surface area (Å²) in [4.78, 5) is 24.0. The number of halogens is 2. The number of nitrogens with one attached hydrogen (secondary N) is 2. The lowest BCUT2D eigenvalue weighted by Gasteiger charge is -2.24. The van der Waals surface area contributed by atoms with Gasteiger partial charge in [0, 0.05) is 28.9 Å². The number of amides is 2. The molecule has 1 heterocycles. The van der Waals surface area contributed by atoms with Gasteiger partial charge in [0.15, 0.2) is 0 Å². The van der Waals surface area contributed by atoms with Gasteiger partial charge in [-0.05, 0) is 31.5 Å². The van der Waals surface area contributed by atoms with E-state index in [2.05, 4.69) is 10.6 Å². The highest BCUT2D eigenvalue weighted by atomic mass is 35.5. The van der Waals surface area contributed by atoms with Gasteiger partial charge in [0.1, 0.15) is 0 Å². The molecule has 0 aromatic heterocycles. The highest BCUT2D eigenvalue weighted by Crippen LogP contribution is 2.32. The molecule has 1 aliphatic rings. The zero-order chi connectivity index (χ0) is 15.4. The van der Waals surface area contributed by atoms with E-state index in [0.717, 1.165) is 4.90 Å². The zero-order valence-corrected chi connectivity index (χ0v) is 13.8. The van der Waals surface area contributed by atoms with Gasteiger partial charge in [0.2, 0.25) is 11.8 Å². The van der Waals surface area contributed by atoms with Crippen molar-refractivity contribution in [2.24, 2.45) is 0 Å². The first kappa shape index (κ1) is 16.5. The molecule has 2 rings (SSSR count). The van der Waals surface area contributed by atoms with Gasteiger partial charge in [-0.1, -0.05) is 23.2 Å². The molecule has 0 saturated carbocycles. The summed E-state index contributed by atoms with van der Waals surface area (Å²) in [5.74, 6) is -0.0363. The maximum atomic E-state index is 12.2. The van der Waals surface area contributed by atoms with Crippen molar-refractivity contribution >= 4 is 46.8 Å². The fraction of sp³-hybridized carbons (Fsp3) is 0.429. The van der Waals surface area contributed by atoms with Gasteiger partial charge in [-0.15, -0.1) is 11.8 Å². The summed E-state index contributed by atoms with van der Waals surface area (Å²) >= 11 is 13.4. The van der Waals surface area contributed by atoms with Crippen LogP contribution in [0.1, 0.15) is 19.8 Å². The summed E-state index contributed by atoms with van der Waals surface area (Å²) in [5.41, 5.74) is 0. The Kier molecular flexibility index (Phi) is 5.79. The summed E-state index contributed by atoms with van der Waals surface area (Å²) in [7, 11) is 0. The minimum absolute atomic E-state index is 0.00640. The van der Waals surface area contributed by atoms with Crippen LogP contribution in [0.25, 0.3) is 0 Å². The van der Waals surface area contributed by atoms with Crippen molar-refractivity contribution in [1.29, 1.82) is 0 Å². The second kappa shape index (κ2) is 7.38. The first-order valence-electron chi connectivity index (χ1n) is 6.64. The number of thioether (sulfide) groups is 1. The first-order chi connectivity index (χ1) is 9.95. The second-order valence-electron chi connectivity index (χ2n) is 4.88. The third kappa shape index (κ3) is 4.80. The van der Waals surface area contributed by atoms with Crippen LogP contribution in [-0.4, -0.2) is 29.7 Å². The fourth-order valence-corrected chi connectivity index (χ4v) is 3.41. The quantitative estimate of drug-likeness (QED) is 0.824. The number of piperidine rings is 1. The molecule has 2 N–H and O–H groups in total. The van der Waals surface area contributed by atoms with E-state index in [1.165, 1.54) is 11.8 Å². The number of carbonyl (C=O) groups excluding carboxylic acids is 2. The molecule has 7 heteroatoms. The van der Waals surface area contributed by atoms with E-state index >= 15 is 0 Å². The monoisotopic (exact) mass is 346 g/mol. The van der Waals surface area contributed by atoms with Crippen molar-refractivity contribution in [2.45, 2.75) is 36.0 Å². The fourth-order valence-electron chi connectivity index (χ4n) is 1.99. The maximum Gasteiger partial charge on any atom is 0.233 e. The topological polar surface area (TPSA) is 58.2 Å². The normalized spacial score (nSPS) is 19.8. The molecule has 21 heavy (non-hydrogen) atoms. The zero-order valence-electron chi connectivity index (χ0n) is 11.5. The minimum atomic E-state index is -0.293. The van der Waals surface area contributed by atoms with E-state index in [0.29, 0.717) is 29.4 Å². The molecule has 0 bridgehead atoms. The lowest BCUT2D eigenvalue weighted by Crippen LogP contribution is -2.49. The molecule has 1 aromatic rings. The number of carbonyl (C=O) groups is 2. The van der Waals surface area contributed by atoms with Crippen LogP contribution in [0.3, 0.4) is 0 Å². The SMILES string of the molecule is CC(Sc1cc(Cl)ccc1Cl)C(=O)NC1CCC(=O)NC1. The van der Waals surface area contributed by atoms with Crippen LogP contribution in [-0.2, 0) is 9.59 Å². The van der Waals surface area contributed by atoms with Gasteiger partial charge in [0.25, 0.3) is 0 Å². The highest BCUT2D eigenvalue weighted by Gasteiger charge is 2.23. The van der Waals surface area contributed by atoms with Crippen LogP contribution in [0.2, 0.25) is 10.0 Å². The van der Waals surface area contributed by atoms with Crippen molar-refractivity contribution in [3.63, 3.8) is 0 Å². The average Bonchev–Trinajstić information content (AvgIpc) is 2.45. The number of hydrogen-bond acceptors (Lipinski definition) is 3. The molecule has 1 aliphatic heterocycles. The largest absolute Gasteiger partial charge is 0.354 e. The van der Waals surface area contributed by atoms with Crippen molar-refractivity contribution in [3.05, 3.63) is 28.2 Å². The Labute approximate surface area is 137 Å². The third-order valence-electron chi connectivity index (χ3n) is 3.18. The standard InChI is InChI=1S/C14H16Cl2N2O2S/c1-8(21-12-6-9(15)2-4-11(12)16)14(20)18-10-3-5-13(19)17-7-10/h2,4,6,8,10H,3,5,7H2,1H3,(H,17,19)(H,18,20). The molecule has 1 aromatic carbocycles. The Morgan fingerprint density at radius 1 is 1.48 bits per heavy atom. The summed E-state index contributed by atoms with van der Waals surface area (Å²) in [6.07, 6.45) is 1.12. The molecule has 114 valence electrons. The van der Waals surface area contributed by atoms with Gasteiger partial charge in [-0.2, -0.15) is 0 Å². The highest BCUT2D eigenvalue weighted by molar-refractivity contribution is 8.00. The average molecular weight is 347 g/mol. The van der Waals surface area contributed by atoms with Crippen LogP contribution in [0.4, 0.5) is 0 Å². The molecule has 0 radical (unpaired) electrons. The van der Waals surface area contributed by atoms with E-state index < -0.39 is 0 Å². The number of benzene rings is 1. The van der Waals surface area contributed by atoms with E-state index in [1.807, 2.05) is 6.92 Å². The summed E-state index contributed by atoms with van der Waals surface area (Å²) in [6.45, 7) is 2.30. The predicted molar refractivity (Wildman–Crippen MR) is 86.0 cm³/mol. The minimum Gasteiger partial charge on any atom is -0.354 e. The van der Waals surface area contributed by atoms with E-state index in [-0.39, 0.29) is 23.1 Å². The predicted octanol–water partition coefficient (Wildman–Crippen LogP) is 2.87. The lowest BCUT2D eigenvalue weighted by atomic mass is 10.1. The van der Waals surface area contributed by atoms with Crippen LogP contribution in [0, 0.1) is 0 Å².